The zero-order chi connectivity index (χ0) is 20.3. The first-order valence-corrected chi connectivity index (χ1v) is 11.1. The predicted molar refractivity (Wildman–Crippen MR) is 109 cm³/mol. The zero-order valence-corrected chi connectivity index (χ0v) is 17.1. The summed E-state index contributed by atoms with van der Waals surface area (Å²) in [6.45, 7) is 1.46. The van der Waals surface area contributed by atoms with E-state index in [2.05, 4.69) is 5.32 Å². The highest BCUT2D eigenvalue weighted by Gasteiger charge is 2.51. The Morgan fingerprint density at radius 1 is 1.18 bits per heavy atom. The lowest BCUT2D eigenvalue weighted by Crippen LogP contribution is -2.48. The molecule has 1 saturated carbocycles. The smallest absolute Gasteiger partial charge is 0.247 e. The van der Waals surface area contributed by atoms with Crippen molar-refractivity contribution in [3.05, 3.63) is 29.8 Å². The summed E-state index contributed by atoms with van der Waals surface area (Å²) in [4.78, 5) is 51.7. The van der Waals surface area contributed by atoms with Gasteiger partial charge in [-0.25, -0.2) is 0 Å². The maximum absolute atomic E-state index is 13.0. The molecule has 2 fully saturated rings. The van der Waals surface area contributed by atoms with Crippen LogP contribution in [0.2, 0.25) is 0 Å². The van der Waals surface area contributed by atoms with E-state index in [-0.39, 0.29) is 35.3 Å². The maximum Gasteiger partial charge on any atom is 0.247 e. The number of benzene rings is 1. The van der Waals surface area contributed by atoms with Gasteiger partial charge in [0.2, 0.25) is 17.7 Å². The summed E-state index contributed by atoms with van der Waals surface area (Å²) in [6, 6.07) is 5.87. The molecular weight excluding hydrogens is 376 g/mol. The van der Waals surface area contributed by atoms with Crippen molar-refractivity contribution in [1.29, 1.82) is 0 Å². The number of thioether (sulfide) groups is 1. The maximum atomic E-state index is 13.0. The van der Waals surface area contributed by atoms with Gasteiger partial charge < -0.3 is 5.32 Å². The molecule has 1 saturated heterocycles. The van der Waals surface area contributed by atoms with Crippen molar-refractivity contribution in [2.45, 2.75) is 45.1 Å². The zero-order valence-electron chi connectivity index (χ0n) is 16.3. The first kappa shape index (κ1) is 20.6. The molecule has 1 aromatic carbocycles. The van der Waals surface area contributed by atoms with Crippen LogP contribution >= 0.6 is 11.8 Å². The van der Waals surface area contributed by atoms with Crippen LogP contribution in [-0.4, -0.2) is 46.5 Å². The van der Waals surface area contributed by atoms with Gasteiger partial charge in [-0.15, -0.1) is 0 Å². The molecule has 150 valence electrons. The molecule has 0 bridgehead atoms. The highest BCUT2D eigenvalue weighted by Crippen LogP contribution is 2.39. The molecule has 6 nitrogen and oxygen atoms in total. The molecule has 2 aliphatic rings. The topological polar surface area (TPSA) is 83.6 Å². The van der Waals surface area contributed by atoms with Gasteiger partial charge in [-0.1, -0.05) is 25.0 Å². The largest absolute Gasteiger partial charge is 0.324 e. The van der Waals surface area contributed by atoms with Crippen molar-refractivity contribution in [3.8, 4) is 0 Å². The third-order valence-corrected chi connectivity index (χ3v) is 6.27. The minimum absolute atomic E-state index is 0.0935. The molecule has 1 aliphatic heterocycles. The minimum Gasteiger partial charge on any atom is -0.324 e. The molecule has 3 unspecified atom stereocenters. The average molecular weight is 403 g/mol. The fraction of sp³-hybridized carbons (Fsp3) is 0.524. The highest BCUT2D eigenvalue weighted by molar-refractivity contribution is 7.98. The van der Waals surface area contributed by atoms with E-state index in [1.807, 2.05) is 6.26 Å². The van der Waals surface area contributed by atoms with E-state index in [0.29, 0.717) is 23.4 Å². The molecule has 3 atom stereocenters. The number of nitrogens with one attached hydrogen (secondary N) is 1. The Hall–Kier alpha value is -2.15. The summed E-state index contributed by atoms with van der Waals surface area (Å²) in [5.41, 5.74) is 0.987. The van der Waals surface area contributed by atoms with Crippen molar-refractivity contribution < 1.29 is 19.2 Å². The van der Waals surface area contributed by atoms with E-state index in [4.69, 9.17) is 0 Å². The molecule has 0 radical (unpaired) electrons. The minimum atomic E-state index is -0.820. The second kappa shape index (κ2) is 8.90. The summed E-state index contributed by atoms with van der Waals surface area (Å²) < 4.78 is 0. The second-order valence-electron chi connectivity index (χ2n) is 7.47. The number of nitrogens with zero attached hydrogens (tertiary/aromatic N) is 1. The van der Waals surface area contributed by atoms with E-state index in [0.717, 1.165) is 25.7 Å². The van der Waals surface area contributed by atoms with Crippen LogP contribution in [0, 0.1) is 11.8 Å². The summed E-state index contributed by atoms with van der Waals surface area (Å²) in [6.07, 6.45) is 5.70. The third-order valence-electron chi connectivity index (χ3n) is 5.62. The summed E-state index contributed by atoms with van der Waals surface area (Å²) in [7, 11) is 0. The number of Topliss-reactive ketones (excluding diaryl/α,β-unsaturated/α-hetero) is 1. The van der Waals surface area contributed by atoms with Gasteiger partial charge in [0.25, 0.3) is 0 Å². The molecule has 3 rings (SSSR count). The normalized spacial score (nSPS) is 22.7. The number of likely N-dealkylation sites (tertiary alicyclic amines) is 1. The third kappa shape index (κ3) is 4.14. The van der Waals surface area contributed by atoms with E-state index >= 15 is 0 Å². The number of ketones is 1. The first-order chi connectivity index (χ1) is 13.4. The SMILES string of the molecule is CSCCC(C(=O)Nc1cccc(C(C)=O)c1)N1C(=O)C2CCCCC2C1=O. The van der Waals surface area contributed by atoms with E-state index in [9.17, 15) is 19.2 Å². The van der Waals surface area contributed by atoms with Crippen molar-refractivity contribution in [2.24, 2.45) is 11.8 Å². The predicted octanol–water partition coefficient (Wildman–Crippen LogP) is 3.12. The highest BCUT2D eigenvalue weighted by atomic mass is 32.2. The molecule has 1 N–H and O–H groups in total. The Labute approximate surface area is 169 Å². The summed E-state index contributed by atoms with van der Waals surface area (Å²) in [5, 5.41) is 2.80. The Kier molecular flexibility index (Phi) is 6.54. The number of imide groups is 1. The van der Waals surface area contributed by atoms with Crippen molar-refractivity contribution >= 4 is 41.0 Å². The van der Waals surface area contributed by atoms with Gasteiger partial charge in [0.05, 0.1) is 11.8 Å². The summed E-state index contributed by atoms with van der Waals surface area (Å²) in [5.74, 6) is -0.752. The van der Waals surface area contributed by atoms with Gasteiger partial charge in [0.1, 0.15) is 6.04 Å². The number of carbonyl (C=O) groups is 4. The Bertz CT molecular complexity index is 770. The number of hydrogen-bond acceptors (Lipinski definition) is 5. The lowest BCUT2D eigenvalue weighted by molar-refractivity contribution is -0.146. The molecule has 3 amide bonds. The molecule has 1 aliphatic carbocycles. The Morgan fingerprint density at radius 2 is 1.82 bits per heavy atom. The number of fused-ring (bicyclic) bond motifs is 1. The van der Waals surface area contributed by atoms with Crippen LogP contribution in [0.5, 0.6) is 0 Å². The molecule has 28 heavy (non-hydrogen) atoms. The molecule has 1 heterocycles. The lowest BCUT2D eigenvalue weighted by Gasteiger charge is -2.26. The van der Waals surface area contributed by atoms with E-state index in [1.54, 1.807) is 36.0 Å². The molecule has 1 aromatic rings. The fourth-order valence-corrected chi connectivity index (χ4v) is 4.60. The van der Waals surface area contributed by atoms with Gasteiger partial charge >= 0.3 is 0 Å². The van der Waals surface area contributed by atoms with Crippen molar-refractivity contribution in [1.82, 2.24) is 4.90 Å². The van der Waals surface area contributed by atoms with Crippen LogP contribution in [0.4, 0.5) is 5.69 Å². The van der Waals surface area contributed by atoms with Crippen LogP contribution in [0.1, 0.15) is 49.4 Å². The first-order valence-electron chi connectivity index (χ1n) is 9.71. The van der Waals surface area contributed by atoms with Crippen LogP contribution in [0.15, 0.2) is 24.3 Å². The Balaban J connectivity index is 1.82. The van der Waals surface area contributed by atoms with Crippen molar-refractivity contribution in [2.75, 3.05) is 17.3 Å². The summed E-state index contributed by atoms with van der Waals surface area (Å²) >= 11 is 1.57. The molecule has 7 heteroatoms. The van der Waals surface area contributed by atoms with E-state index in [1.165, 1.54) is 11.8 Å². The van der Waals surface area contributed by atoms with Gasteiger partial charge in [0.15, 0.2) is 5.78 Å². The van der Waals surface area contributed by atoms with Crippen LogP contribution in [0.25, 0.3) is 0 Å². The van der Waals surface area contributed by atoms with Gasteiger partial charge in [-0.2, -0.15) is 11.8 Å². The van der Waals surface area contributed by atoms with Gasteiger partial charge in [-0.05, 0) is 50.3 Å². The standard InChI is InChI=1S/C21H26N2O4S/c1-13(24)14-6-5-7-15(12-14)22-19(25)18(10-11-28-2)23-20(26)16-8-3-4-9-17(16)21(23)27/h5-7,12,16-18H,3-4,8-11H2,1-2H3,(H,22,25). The van der Waals surface area contributed by atoms with Crippen LogP contribution < -0.4 is 5.32 Å². The van der Waals surface area contributed by atoms with Crippen LogP contribution in [-0.2, 0) is 14.4 Å². The molecular formula is C21H26N2O4S. The molecule has 0 aromatic heterocycles. The monoisotopic (exact) mass is 402 g/mol. The molecule has 0 spiro atoms. The number of hydrogen-bond donors (Lipinski definition) is 1. The second-order valence-corrected chi connectivity index (χ2v) is 8.45. The van der Waals surface area contributed by atoms with Crippen LogP contribution in [0.3, 0.4) is 0 Å². The number of carbonyl (C=O) groups excluding carboxylic acids is 4. The number of anilines is 1. The number of rotatable bonds is 7. The van der Waals surface area contributed by atoms with Gasteiger partial charge in [-0.3, -0.25) is 24.1 Å². The quantitative estimate of drug-likeness (QED) is 0.560. The fourth-order valence-electron chi connectivity index (χ4n) is 4.14. The lowest BCUT2D eigenvalue weighted by atomic mass is 9.81. The Morgan fingerprint density at radius 3 is 2.39 bits per heavy atom. The van der Waals surface area contributed by atoms with E-state index < -0.39 is 6.04 Å². The number of amides is 3. The van der Waals surface area contributed by atoms with Gasteiger partial charge in [0, 0.05) is 11.3 Å². The van der Waals surface area contributed by atoms with Crippen molar-refractivity contribution in [3.63, 3.8) is 0 Å². The average Bonchev–Trinajstić information content (AvgIpc) is 2.94.